The van der Waals surface area contributed by atoms with E-state index in [1.54, 1.807) is 12.3 Å². The van der Waals surface area contributed by atoms with E-state index in [0.717, 1.165) is 27.9 Å². The van der Waals surface area contributed by atoms with Gasteiger partial charge in [-0.2, -0.15) is 5.10 Å². The van der Waals surface area contributed by atoms with Crippen molar-refractivity contribution in [2.45, 2.75) is 19.9 Å². The second kappa shape index (κ2) is 7.13. The Bertz CT molecular complexity index is 1230. The molecule has 0 aliphatic carbocycles. The Hall–Kier alpha value is -3.12. The fourth-order valence-electron chi connectivity index (χ4n) is 3.37. The third-order valence-corrected chi connectivity index (χ3v) is 4.96. The summed E-state index contributed by atoms with van der Waals surface area (Å²) in [6.07, 6.45) is 1.75. The summed E-state index contributed by atoms with van der Waals surface area (Å²) >= 11 is 6.09. The third-order valence-electron chi connectivity index (χ3n) is 4.72. The van der Waals surface area contributed by atoms with E-state index in [-0.39, 0.29) is 11.6 Å². The van der Waals surface area contributed by atoms with Crippen molar-refractivity contribution in [3.63, 3.8) is 0 Å². The number of rotatable bonds is 4. The highest BCUT2D eigenvalue weighted by Gasteiger charge is 2.13. The molecule has 0 saturated carbocycles. The van der Waals surface area contributed by atoms with E-state index in [0.29, 0.717) is 16.4 Å². The maximum Gasteiger partial charge on any atom is 0.253 e. The molecule has 0 saturated heterocycles. The number of hydrogen-bond acceptors (Lipinski definition) is 4. The van der Waals surface area contributed by atoms with Crippen LogP contribution in [0.5, 0.6) is 0 Å². The van der Waals surface area contributed by atoms with E-state index >= 15 is 0 Å². The van der Waals surface area contributed by atoms with Gasteiger partial charge in [-0.15, -0.1) is 0 Å². The summed E-state index contributed by atoms with van der Waals surface area (Å²) in [6.45, 7) is 3.90. The molecule has 0 fully saturated rings. The van der Waals surface area contributed by atoms with Gasteiger partial charge in [0, 0.05) is 40.3 Å². The molecule has 0 aliphatic heterocycles. The molecule has 3 aromatic heterocycles. The van der Waals surface area contributed by atoms with Gasteiger partial charge in [-0.3, -0.25) is 9.48 Å². The first-order chi connectivity index (χ1) is 13.4. The topological polar surface area (TPSA) is 75.6 Å². The number of pyridine rings is 2. The van der Waals surface area contributed by atoms with Crippen LogP contribution in [0.15, 0.2) is 53.5 Å². The largest absolute Gasteiger partial charge is 0.363 e. The predicted molar refractivity (Wildman–Crippen MR) is 113 cm³/mol. The normalized spacial score (nSPS) is 12.3. The van der Waals surface area contributed by atoms with Crippen molar-refractivity contribution >= 4 is 28.3 Å². The van der Waals surface area contributed by atoms with Gasteiger partial charge in [0.2, 0.25) is 0 Å². The molecule has 3 heterocycles. The number of hydrogen-bond donors (Lipinski definition) is 2. The molecule has 0 aliphatic rings. The number of H-pyrrole nitrogens is 1. The van der Waals surface area contributed by atoms with Gasteiger partial charge in [-0.25, -0.2) is 4.98 Å². The lowest BCUT2D eigenvalue weighted by atomic mass is 10.1. The first kappa shape index (κ1) is 18.3. The number of benzene rings is 1. The fraction of sp³-hybridized carbons (Fsp3) is 0.190. The van der Waals surface area contributed by atoms with Crippen LogP contribution in [0.25, 0.3) is 22.2 Å². The van der Waals surface area contributed by atoms with Crippen molar-refractivity contribution in [3.05, 3.63) is 75.3 Å². The van der Waals surface area contributed by atoms with Crippen molar-refractivity contribution in [2.24, 2.45) is 7.05 Å². The molecule has 4 rings (SSSR count). The standard InChI is InChI=1S/C21H20ClN5O/c1-12-8-19(27(3)26-12)14-6-7-23-20(11-14)24-13(2)17-10-15-9-16(22)4-5-18(15)25-21(17)28/h4-11,13H,1-3H3,(H,23,24)(H,25,28). The zero-order chi connectivity index (χ0) is 19.8. The van der Waals surface area contributed by atoms with Crippen molar-refractivity contribution in [1.82, 2.24) is 19.7 Å². The van der Waals surface area contributed by atoms with E-state index in [4.69, 9.17) is 11.6 Å². The van der Waals surface area contributed by atoms with Crippen molar-refractivity contribution in [1.29, 1.82) is 0 Å². The molecule has 2 N–H and O–H groups in total. The number of fused-ring (bicyclic) bond motifs is 1. The lowest BCUT2D eigenvalue weighted by Crippen LogP contribution is -2.19. The van der Waals surface area contributed by atoms with E-state index in [9.17, 15) is 4.79 Å². The quantitative estimate of drug-likeness (QED) is 0.536. The summed E-state index contributed by atoms with van der Waals surface area (Å²) in [5, 5.41) is 9.24. The van der Waals surface area contributed by atoms with Gasteiger partial charge in [0.1, 0.15) is 5.82 Å². The predicted octanol–water partition coefficient (Wildman–Crippen LogP) is 4.46. The van der Waals surface area contributed by atoms with Crippen molar-refractivity contribution in [3.8, 4) is 11.3 Å². The van der Waals surface area contributed by atoms with Gasteiger partial charge in [0.15, 0.2) is 0 Å². The molecular formula is C21H20ClN5O. The minimum atomic E-state index is -0.233. The molecule has 4 aromatic rings. The molecule has 1 aromatic carbocycles. The molecular weight excluding hydrogens is 374 g/mol. The molecule has 28 heavy (non-hydrogen) atoms. The minimum Gasteiger partial charge on any atom is -0.363 e. The number of aromatic amines is 1. The van der Waals surface area contributed by atoms with Crippen LogP contribution in [0.3, 0.4) is 0 Å². The highest BCUT2D eigenvalue weighted by molar-refractivity contribution is 6.31. The molecule has 1 atom stereocenters. The fourth-order valence-corrected chi connectivity index (χ4v) is 3.55. The highest BCUT2D eigenvalue weighted by Crippen LogP contribution is 2.25. The van der Waals surface area contributed by atoms with Crippen LogP contribution in [0, 0.1) is 6.92 Å². The summed E-state index contributed by atoms with van der Waals surface area (Å²) in [7, 11) is 1.91. The molecule has 0 spiro atoms. The van der Waals surface area contributed by atoms with Crippen LogP contribution in [0.2, 0.25) is 5.02 Å². The van der Waals surface area contributed by atoms with Crippen LogP contribution < -0.4 is 10.9 Å². The average molecular weight is 394 g/mol. The molecule has 0 bridgehead atoms. The minimum absolute atomic E-state index is 0.131. The second-order valence-corrected chi connectivity index (χ2v) is 7.31. The Balaban J connectivity index is 1.65. The summed E-state index contributed by atoms with van der Waals surface area (Å²) in [5.74, 6) is 0.689. The number of aryl methyl sites for hydroxylation is 2. The molecule has 142 valence electrons. The number of halogens is 1. The van der Waals surface area contributed by atoms with E-state index < -0.39 is 0 Å². The third kappa shape index (κ3) is 3.51. The summed E-state index contributed by atoms with van der Waals surface area (Å²) in [4.78, 5) is 19.8. The summed E-state index contributed by atoms with van der Waals surface area (Å²) in [6, 6.07) is 13.0. The van der Waals surface area contributed by atoms with Crippen LogP contribution in [0.4, 0.5) is 5.82 Å². The number of nitrogens with one attached hydrogen (secondary N) is 2. The van der Waals surface area contributed by atoms with Crippen LogP contribution >= 0.6 is 11.6 Å². The Morgan fingerprint density at radius 1 is 1.18 bits per heavy atom. The Kier molecular flexibility index (Phi) is 4.65. The van der Waals surface area contributed by atoms with Crippen molar-refractivity contribution < 1.29 is 0 Å². The van der Waals surface area contributed by atoms with Crippen LogP contribution in [0.1, 0.15) is 24.2 Å². The first-order valence-electron chi connectivity index (χ1n) is 8.97. The number of anilines is 1. The summed E-state index contributed by atoms with van der Waals surface area (Å²) in [5.41, 5.74) is 4.22. The monoisotopic (exact) mass is 393 g/mol. The molecule has 7 heteroatoms. The Morgan fingerprint density at radius 2 is 2.00 bits per heavy atom. The molecule has 6 nitrogen and oxygen atoms in total. The van der Waals surface area contributed by atoms with E-state index in [2.05, 4.69) is 20.4 Å². The molecule has 0 radical (unpaired) electrons. The van der Waals surface area contributed by atoms with Crippen LogP contribution in [-0.4, -0.2) is 19.7 Å². The molecule has 0 amide bonds. The van der Waals surface area contributed by atoms with Gasteiger partial charge in [0.25, 0.3) is 5.56 Å². The lowest BCUT2D eigenvalue weighted by molar-refractivity contribution is 0.764. The highest BCUT2D eigenvalue weighted by atomic mass is 35.5. The number of nitrogens with zero attached hydrogens (tertiary/aromatic N) is 3. The number of aromatic nitrogens is 4. The van der Waals surface area contributed by atoms with Gasteiger partial charge in [0.05, 0.1) is 17.4 Å². The SMILES string of the molecule is Cc1cc(-c2ccnc(NC(C)c3cc4cc(Cl)ccc4[nH]c3=O)c2)n(C)n1. The van der Waals surface area contributed by atoms with Gasteiger partial charge < -0.3 is 10.3 Å². The zero-order valence-corrected chi connectivity index (χ0v) is 16.6. The second-order valence-electron chi connectivity index (χ2n) is 6.88. The van der Waals surface area contributed by atoms with E-state index in [1.165, 1.54) is 0 Å². The lowest BCUT2D eigenvalue weighted by Gasteiger charge is -2.15. The maximum absolute atomic E-state index is 12.5. The average Bonchev–Trinajstić information content (AvgIpc) is 3.00. The first-order valence-corrected chi connectivity index (χ1v) is 9.34. The van der Waals surface area contributed by atoms with Gasteiger partial charge >= 0.3 is 0 Å². The zero-order valence-electron chi connectivity index (χ0n) is 15.8. The Labute approximate surface area is 167 Å². The van der Waals surface area contributed by atoms with E-state index in [1.807, 2.05) is 62.0 Å². The van der Waals surface area contributed by atoms with Crippen LogP contribution in [-0.2, 0) is 7.05 Å². The smallest absolute Gasteiger partial charge is 0.253 e. The summed E-state index contributed by atoms with van der Waals surface area (Å²) < 4.78 is 1.84. The maximum atomic E-state index is 12.5. The van der Waals surface area contributed by atoms with Crippen molar-refractivity contribution in [2.75, 3.05) is 5.32 Å². The van der Waals surface area contributed by atoms with Gasteiger partial charge in [-0.1, -0.05) is 11.6 Å². The molecule has 1 unspecified atom stereocenters. The Morgan fingerprint density at radius 3 is 2.75 bits per heavy atom. The van der Waals surface area contributed by atoms with Gasteiger partial charge in [-0.05, 0) is 56.3 Å².